The van der Waals surface area contributed by atoms with Crippen LogP contribution < -0.4 is 28.5 Å². The summed E-state index contributed by atoms with van der Waals surface area (Å²) in [4.78, 5) is 39.9. The zero-order valence-corrected chi connectivity index (χ0v) is 22.1. The average molecular weight is 610 g/mol. The molecule has 10 nitrogen and oxygen atoms in total. The number of benzene rings is 1. The zero-order chi connectivity index (χ0) is 24.3. The highest BCUT2D eigenvalue weighted by atomic mass is 127. The number of hydrogen-bond acceptors (Lipinski definition) is 7. The van der Waals surface area contributed by atoms with Crippen LogP contribution in [-0.4, -0.2) is 43.4 Å². The maximum atomic E-state index is 13.3. The van der Waals surface area contributed by atoms with Gasteiger partial charge in [-0.15, -0.1) is 0 Å². The molecule has 0 radical (unpaired) electrons. The molecule has 1 amide bonds. The van der Waals surface area contributed by atoms with E-state index in [9.17, 15) is 24.8 Å². The first-order valence-electron chi connectivity index (χ1n) is 10.8. The first-order chi connectivity index (χ1) is 16.2. The number of amides is 1. The number of nitrogens with zero attached hydrogens (tertiary/aromatic N) is 4. The Labute approximate surface area is 221 Å². The minimum atomic E-state index is -0.828. The van der Waals surface area contributed by atoms with E-state index in [1.54, 1.807) is 6.92 Å². The summed E-state index contributed by atoms with van der Waals surface area (Å²) in [7, 11) is 1.93. The highest BCUT2D eigenvalue weighted by Gasteiger charge is 2.60. The van der Waals surface area contributed by atoms with Crippen molar-refractivity contribution in [1.29, 1.82) is 0 Å². The van der Waals surface area contributed by atoms with Crippen LogP contribution in [0.15, 0.2) is 48.7 Å². The van der Waals surface area contributed by atoms with Gasteiger partial charge in [0.05, 0.1) is 34.9 Å². The molecule has 1 fully saturated rings. The summed E-state index contributed by atoms with van der Waals surface area (Å²) in [5, 5.41) is 21.0. The van der Waals surface area contributed by atoms with E-state index >= 15 is 0 Å². The quantitative estimate of drug-likeness (QED) is 0.0961. The average Bonchev–Trinajstić information content (AvgIpc) is 3.39. The summed E-state index contributed by atoms with van der Waals surface area (Å²) in [6.07, 6.45) is 5.00. The van der Waals surface area contributed by atoms with Crippen LogP contribution in [0.5, 0.6) is 0 Å². The van der Waals surface area contributed by atoms with Crippen molar-refractivity contribution in [3.63, 3.8) is 0 Å². The zero-order valence-electron chi connectivity index (χ0n) is 19.1. The highest BCUT2D eigenvalue weighted by molar-refractivity contribution is 7.18. The molecule has 2 aliphatic heterocycles. The predicted molar refractivity (Wildman–Crippen MR) is 121 cm³/mol. The number of ether oxygens (including phenoxy) is 1. The number of halogens is 1. The van der Waals surface area contributed by atoms with Crippen LogP contribution >= 0.6 is 11.3 Å². The Balaban J connectivity index is 0.00000289. The largest absolute Gasteiger partial charge is 1.00 e. The molecule has 4 heterocycles. The molecule has 12 heteroatoms. The molecule has 0 spiro atoms. The van der Waals surface area contributed by atoms with Crippen molar-refractivity contribution < 1.29 is 52.9 Å². The Kier molecular flexibility index (Phi) is 6.72. The molecule has 0 bridgehead atoms. The number of aliphatic hydroxyl groups is 1. The van der Waals surface area contributed by atoms with Crippen molar-refractivity contribution in [2.75, 3.05) is 0 Å². The van der Waals surface area contributed by atoms with E-state index in [2.05, 4.69) is 0 Å². The minimum Gasteiger partial charge on any atom is -1.00 e. The second-order valence-electron chi connectivity index (χ2n) is 8.77. The maximum Gasteiger partial charge on any atom is 0.355 e. The van der Waals surface area contributed by atoms with Crippen molar-refractivity contribution in [2.24, 2.45) is 18.9 Å². The number of aliphatic hydroxyl groups excluding tert-OH is 1. The second-order valence-corrected chi connectivity index (χ2v) is 9.83. The van der Waals surface area contributed by atoms with Crippen molar-refractivity contribution in [1.82, 2.24) is 9.30 Å². The predicted octanol–water partition coefficient (Wildman–Crippen LogP) is -0.950. The lowest BCUT2D eigenvalue weighted by Crippen LogP contribution is -3.00. The molecule has 1 saturated heterocycles. The van der Waals surface area contributed by atoms with Gasteiger partial charge in [0.1, 0.15) is 24.7 Å². The first kappa shape index (κ1) is 25.3. The van der Waals surface area contributed by atoms with E-state index < -0.39 is 22.9 Å². The van der Waals surface area contributed by atoms with Gasteiger partial charge in [0.15, 0.2) is 0 Å². The molecule has 1 N–H and O–H groups in total. The van der Waals surface area contributed by atoms with Gasteiger partial charge in [-0.1, -0.05) is 18.3 Å². The fourth-order valence-corrected chi connectivity index (χ4v) is 6.12. The molecule has 0 saturated carbocycles. The number of non-ortho nitro benzene ring substituents is 1. The molecule has 2 aliphatic rings. The first-order valence-corrected chi connectivity index (χ1v) is 11.6. The highest BCUT2D eigenvalue weighted by Crippen LogP contribution is 2.51. The fraction of sp³-hybridized carbons (Fsp3) is 0.348. The summed E-state index contributed by atoms with van der Waals surface area (Å²) < 4.78 is 9.45. The Hall–Kier alpha value is -2.84. The molecular formula is C23H23IN4O6S. The molecule has 35 heavy (non-hydrogen) atoms. The molecular weight excluding hydrogens is 587 g/mol. The standard InChI is InChI=1S/C23H23N4O6S.HI/c1-12-18(16-8-25-11-24(3)9-17(25)34-16)21(26-20(12)19(13(2)28)22(26)29)23(30)33-10-14-4-6-15(7-5-14)27(31)32;/h4-9,11-13,19-20,28H,10H2,1-3H3;1H/q+1;/p-1/t12-,13+,19+,20+;/m0./s1. The van der Waals surface area contributed by atoms with E-state index in [4.69, 9.17) is 4.74 Å². The van der Waals surface area contributed by atoms with Gasteiger partial charge in [-0.05, 0) is 24.6 Å². The van der Waals surface area contributed by atoms with Gasteiger partial charge < -0.3 is 38.7 Å². The summed E-state index contributed by atoms with van der Waals surface area (Å²) in [6.45, 7) is 3.46. The second kappa shape index (κ2) is 9.32. The number of carbonyl (C=O) groups is 2. The lowest BCUT2D eigenvalue weighted by atomic mass is 9.77. The number of nitro benzene ring substituents is 1. The third kappa shape index (κ3) is 4.12. The number of hydrogen-bond donors (Lipinski definition) is 1. The Bertz CT molecular complexity index is 1330. The summed E-state index contributed by atoms with van der Waals surface area (Å²) in [6, 6.07) is 5.44. The van der Waals surface area contributed by atoms with E-state index in [1.807, 2.05) is 41.7 Å². The number of aromatic nitrogens is 2. The van der Waals surface area contributed by atoms with Crippen molar-refractivity contribution in [3.05, 3.63) is 69.2 Å². The minimum absolute atomic E-state index is 0. The van der Waals surface area contributed by atoms with Gasteiger partial charge in [-0.2, -0.15) is 4.40 Å². The number of β-lactam (4-membered cyclic amide) rings is 1. The smallest absolute Gasteiger partial charge is 0.355 e. The van der Waals surface area contributed by atoms with Gasteiger partial charge in [0.25, 0.3) is 5.69 Å². The maximum absolute atomic E-state index is 13.3. The van der Waals surface area contributed by atoms with Crippen LogP contribution in [0.2, 0.25) is 0 Å². The summed E-state index contributed by atoms with van der Waals surface area (Å²) >= 11 is 1.51. The van der Waals surface area contributed by atoms with Crippen molar-refractivity contribution >= 4 is 39.3 Å². The van der Waals surface area contributed by atoms with Crippen LogP contribution in [0.4, 0.5) is 5.69 Å². The normalized spacial score (nSPS) is 22.0. The van der Waals surface area contributed by atoms with E-state index in [0.29, 0.717) is 5.56 Å². The van der Waals surface area contributed by atoms with Gasteiger partial charge in [-0.3, -0.25) is 14.9 Å². The Morgan fingerprint density at radius 2 is 2.03 bits per heavy atom. The molecule has 2 aromatic heterocycles. The number of nitro groups is 1. The number of esters is 1. The van der Waals surface area contributed by atoms with Crippen LogP contribution in [-0.2, 0) is 28.0 Å². The number of aryl methyl sites for hydroxylation is 1. The monoisotopic (exact) mass is 610 g/mol. The Morgan fingerprint density at radius 1 is 1.34 bits per heavy atom. The van der Waals surface area contributed by atoms with Crippen LogP contribution in [0.1, 0.15) is 24.3 Å². The van der Waals surface area contributed by atoms with E-state index in [-0.39, 0.29) is 59.8 Å². The number of carbonyl (C=O) groups excluding carboxylic acids is 2. The van der Waals surface area contributed by atoms with E-state index in [1.165, 1.54) is 40.5 Å². The molecule has 3 aromatic rings. The third-order valence-corrected chi connectivity index (χ3v) is 7.56. The number of thiazole rings is 1. The molecule has 0 unspecified atom stereocenters. The third-order valence-electron chi connectivity index (χ3n) is 6.49. The van der Waals surface area contributed by atoms with Crippen LogP contribution in [0, 0.1) is 22.0 Å². The number of rotatable bonds is 6. The summed E-state index contributed by atoms with van der Waals surface area (Å²) in [5.74, 6) is -1.67. The SMILES string of the molecule is C[C@@H](O)[C@H]1C(=O)N2C(C(=O)OCc3ccc([N+](=O)[O-])cc3)=C(c3cn4c[n+](C)cc4s3)[C@H](C)[C@H]12.[I-]. The van der Waals surface area contributed by atoms with Gasteiger partial charge in [-0.25, -0.2) is 9.36 Å². The fourth-order valence-electron chi connectivity index (χ4n) is 4.91. The molecule has 5 rings (SSSR count). The van der Waals surface area contributed by atoms with Crippen LogP contribution in [0.3, 0.4) is 0 Å². The van der Waals surface area contributed by atoms with Crippen molar-refractivity contribution in [2.45, 2.75) is 32.6 Å². The molecule has 0 aliphatic carbocycles. The molecule has 1 aromatic carbocycles. The number of fused-ring (bicyclic) bond motifs is 2. The lowest BCUT2D eigenvalue weighted by molar-refractivity contribution is -0.669. The number of imidazole rings is 1. The molecule has 4 atom stereocenters. The van der Waals surface area contributed by atoms with Crippen LogP contribution in [0.25, 0.3) is 10.4 Å². The Morgan fingerprint density at radius 3 is 2.63 bits per heavy atom. The van der Waals surface area contributed by atoms with Gasteiger partial charge in [0, 0.05) is 23.6 Å². The topological polar surface area (TPSA) is 118 Å². The van der Waals surface area contributed by atoms with Gasteiger partial charge >= 0.3 is 5.97 Å². The van der Waals surface area contributed by atoms with Gasteiger partial charge in [0.2, 0.25) is 17.1 Å². The molecule has 184 valence electrons. The van der Waals surface area contributed by atoms with Crippen molar-refractivity contribution in [3.8, 4) is 0 Å². The lowest BCUT2D eigenvalue weighted by Gasteiger charge is -2.46. The van der Waals surface area contributed by atoms with E-state index in [0.717, 1.165) is 15.3 Å². The summed E-state index contributed by atoms with van der Waals surface area (Å²) in [5.41, 5.74) is 1.48.